The van der Waals surface area contributed by atoms with Gasteiger partial charge in [-0.25, -0.2) is 14.8 Å². The molecule has 2 amide bonds. The Labute approximate surface area is 180 Å². The molecule has 0 spiro atoms. The highest BCUT2D eigenvalue weighted by molar-refractivity contribution is 5.97. The number of hydrogen-bond acceptors (Lipinski definition) is 8. The van der Waals surface area contributed by atoms with Crippen molar-refractivity contribution in [1.29, 1.82) is 0 Å². The number of aromatic amines is 2. The lowest BCUT2D eigenvalue weighted by molar-refractivity contribution is -0.349. The maximum atomic E-state index is 12.3. The Morgan fingerprint density at radius 1 is 1.19 bits per heavy atom. The molecule has 2 heterocycles. The smallest absolute Gasteiger partial charge is 0.356 e. The van der Waals surface area contributed by atoms with Crippen molar-refractivity contribution in [1.82, 2.24) is 20.3 Å². The molecule has 0 saturated carbocycles. The molecule has 32 heavy (non-hydrogen) atoms. The highest BCUT2D eigenvalue weighted by Crippen LogP contribution is 2.12. The molecule has 0 bridgehead atoms. The van der Waals surface area contributed by atoms with E-state index in [0.29, 0.717) is 11.4 Å². The SMILES string of the molecule is NC(=O)CCC(NC(=O)c1ccc(NCc2c[nH+]c3nc(N)[nH]c(=O)c3n2)cc1)C(=O)O. The van der Waals surface area contributed by atoms with Crippen LogP contribution in [0.1, 0.15) is 28.9 Å². The molecule has 13 nitrogen and oxygen atoms in total. The molecule has 0 aliphatic carbocycles. The average molecular weight is 441 g/mol. The summed E-state index contributed by atoms with van der Waals surface area (Å²) in [6.07, 6.45) is 1.33. The summed E-state index contributed by atoms with van der Waals surface area (Å²) in [5.74, 6) is -2.51. The fraction of sp³-hybridized carbons (Fsp3) is 0.211. The van der Waals surface area contributed by atoms with Gasteiger partial charge in [0.25, 0.3) is 11.5 Å². The fourth-order valence-corrected chi connectivity index (χ4v) is 2.82. The molecule has 3 aromatic rings. The van der Waals surface area contributed by atoms with E-state index in [4.69, 9.17) is 11.5 Å². The lowest BCUT2D eigenvalue weighted by Gasteiger charge is -2.14. The number of nitrogens with zero attached hydrogens (tertiary/aromatic N) is 2. The van der Waals surface area contributed by atoms with Crippen LogP contribution in [0.4, 0.5) is 11.6 Å². The largest absolute Gasteiger partial charge is 0.480 e. The summed E-state index contributed by atoms with van der Waals surface area (Å²) in [6.45, 7) is 0.274. The van der Waals surface area contributed by atoms with E-state index in [9.17, 15) is 24.3 Å². The first-order valence-electron chi connectivity index (χ1n) is 9.46. The third-order valence-electron chi connectivity index (χ3n) is 4.45. The highest BCUT2D eigenvalue weighted by Gasteiger charge is 2.21. The van der Waals surface area contributed by atoms with Gasteiger partial charge in [-0.1, -0.05) is 0 Å². The average Bonchev–Trinajstić information content (AvgIpc) is 2.75. The maximum Gasteiger partial charge on any atom is 0.356 e. The van der Waals surface area contributed by atoms with Gasteiger partial charge in [0.05, 0.1) is 12.2 Å². The summed E-state index contributed by atoms with van der Waals surface area (Å²) in [7, 11) is 0. The van der Waals surface area contributed by atoms with Crippen LogP contribution in [0, 0.1) is 0 Å². The maximum absolute atomic E-state index is 12.3. The number of carboxylic acids is 1. The number of hydrogen-bond donors (Lipinski definition) is 6. The number of amides is 2. The van der Waals surface area contributed by atoms with Crippen molar-refractivity contribution < 1.29 is 24.5 Å². The number of aliphatic carboxylic acids is 1. The van der Waals surface area contributed by atoms with Crippen molar-refractivity contribution in [3.63, 3.8) is 0 Å². The van der Waals surface area contributed by atoms with Crippen molar-refractivity contribution >= 4 is 40.6 Å². The third kappa shape index (κ3) is 5.53. The van der Waals surface area contributed by atoms with Gasteiger partial charge in [0, 0.05) is 17.7 Å². The second-order valence-corrected chi connectivity index (χ2v) is 6.84. The lowest BCUT2D eigenvalue weighted by Crippen LogP contribution is -2.41. The molecule has 0 radical (unpaired) electrons. The molecule has 2 aromatic heterocycles. The second-order valence-electron chi connectivity index (χ2n) is 6.84. The van der Waals surface area contributed by atoms with Gasteiger partial charge in [0.1, 0.15) is 12.2 Å². The van der Waals surface area contributed by atoms with Crippen molar-refractivity contribution in [3.05, 3.63) is 52.1 Å². The van der Waals surface area contributed by atoms with Crippen molar-refractivity contribution in [2.24, 2.45) is 5.73 Å². The molecule has 3 rings (SSSR count). The zero-order valence-electron chi connectivity index (χ0n) is 16.7. The number of nitrogens with one attached hydrogen (secondary N) is 4. The Morgan fingerprint density at radius 2 is 1.91 bits per heavy atom. The number of aromatic nitrogens is 4. The molecule has 13 heteroatoms. The van der Waals surface area contributed by atoms with Crippen molar-refractivity contribution in [2.45, 2.75) is 25.4 Å². The quantitative estimate of drug-likeness (QED) is 0.234. The van der Waals surface area contributed by atoms with Gasteiger partial charge >= 0.3 is 17.6 Å². The van der Waals surface area contributed by atoms with Crippen LogP contribution >= 0.6 is 0 Å². The van der Waals surface area contributed by atoms with E-state index in [-0.39, 0.29) is 42.1 Å². The molecule has 0 aliphatic heterocycles. The van der Waals surface area contributed by atoms with E-state index >= 15 is 0 Å². The van der Waals surface area contributed by atoms with E-state index in [1.807, 2.05) is 0 Å². The third-order valence-corrected chi connectivity index (χ3v) is 4.45. The molecule has 9 N–H and O–H groups in total. The number of nitrogen functional groups attached to an aromatic ring is 1. The number of carboxylic acid groups (broad SMARTS) is 1. The van der Waals surface area contributed by atoms with Crippen LogP contribution in [0.3, 0.4) is 0 Å². The van der Waals surface area contributed by atoms with E-state index in [0.717, 1.165) is 0 Å². The molecule has 0 aliphatic rings. The van der Waals surface area contributed by atoms with Gasteiger partial charge in [0.2, 0.25) is 11.4 Å². The minimum atomic E-state index is -1.26. The van der Waals surface area contributed by atoms with Crippen LogP contribution in [-0.4, -0.2) is 43.9 Å². The summed E-state index contributed by atoms with van der Waals surface area (Å²) in [6, 6.07) is 5.07. The molecule has 0 saturated heterocycles. The Hall–Kier alpha value is -4.55. The van der Waals surface area contributed by atoms with E-state index in [1.165, 1.54) is 12.1 Å². The van der Waals surface area contributed by atoms with Crippen LogP contribution in [0.15, 0.2) is 35.3 Å². The first-order valence-corrected chi connectivity index (χ1v) is 9.46. The highest BCUT2D eigenvalue weighted by atomic mass is 16.4. The van der Waals surface area contributed by atoms with Crippen molar-refractivity contribution in [2.75, 3.05) is 11.1 Å². The van der Waals surface area contributed by atoms with Gasteiger partial charge in [-0.05, 0) is 35.7 Å². The van der Waals surface area contributed by atoms with Crippen LogP contribution in [-0.2, 0) is 16.1 Å². The normalized spacial score (nSPS) is 11.6. The fourth-order valence-electron chi connectivity index (χ4n) is 2.82. The number of H-pyrrole nitrogens is 2. The van der Waals surface area contributed by atoms with Crippen molar-refractivity contribution in [3.8, 4) is 0 Å². The van der Waals surface area contributed by atoms with Crippen LogP contribution in [0.5, 0.6) is 0 Å². The standard InChI is InChI=1S/C19H20N8O5/c20-13(28)6-5-12(18(31)32)25-16(29)9-1-3-10(4-2-9)22-7-11-8-23-15-14(24-11)17(30)27-19(21)26-15/h1-4,8,12,22H,5-7H2,(H2,20,28)(H,25,29)(H,31,32)(H3,21,23,26,27,30)/p+1. The van der Waals surface area contributed by atoms with Gasteiger partial charge in [-0.15, -0.1) is 0 Å². The first kappa shape index (κ1) is 22.1. The van der Waals surface area contributed by atoms with Crippen LogP contribution < -0.4 is 32.6 Å². The topological polar surface area (TPSA) is 220 Å². The molecular weight excluding hydrogens is 420 g/mol. The number of fused-ring (bicyclic) bond motifs is 1. The van der Waals surface area contributed by atoms with Gasteiger partial charge in [0.15, 0.2) is 0 Å². The predicted octanol–water partition coefficient (Wildman–Crippen LogP) is -1.22. The number of nitrogens with two attached hydrogens (primary N) is 2. The minimum absolute atomic E-state index is 0.0157. The first-order chi connectivity index (χ1) is 15.2. The Balaban J connectivity index is 1.62. The number of carbonyl (C=O) groups is 3. The molecular formula is C19H21N8O5+. The summed E-state index contributed by atoms with van der Waals surface area (Å²) in [5.41, 5.74) is 11.9. The minimum Gasteiger partial charge on any atom is -0.480 e. The van der Waals surface area contributed by atoms with Gasteiger partial charge in [-0.3, -0.25) is 19.4 Å². The summed E-state index contributed by atoms with van der Waals surface area (Å²) >= 11 is 0. The Morgan fingerprint density at radius 3 is 2.56 bits per heavy atom. The molecule has 1 atom stereocenters. The Bertz CT molecular complexity index is 1220. The summed E-state index contributed by atoms with van der Waals surface area (Å²) in [4.78, 5) is 59.8. The molecule has 0 fully saturated rings. The number of primary amides is 1. The number of rotatable bonds is 9. The van der Waals surface area contributed by atoms with Gasteiger partial charge < -0.3 is 27.2 Å². The number of anilines is 2. The monoisotopic (exact) mass is 441 g/mol. The number of benzene rings is 1. The second kappa shape index (κ2) is 9.51. The van der Waals surface area contributed by atoms with E-state index in [1.54, 1.807) is 18.3 Å². The van der Waals surface area contributed by atoms with Crippen LogP contribution in [0.2, 0.25) is 0 Å². The zero-order chi connectivity index (χ0) is 23.3. The predicted molar refractivity (Wildman–Crippen MR) is 112 cm³/mol. The van der Waals surface area contributed by atoms with Gasteiger partial charge in [-0.2, -0.15) is 0 Å². The molecule has 166 valence electrons. The number of carbonyl (C=O) groups excluding carboxylic acids is 2. The van der Waals surface area contributed by atoms with Crippen LogP contribution in [0.25, 0.3) is 11.2 Å². The summed E-state index contributed by atoms with van der Waals surface area (Å²) in [5, 5.41) is 14.6. The Kier molecular flexibility index (Phi) is 6.58. The van der Waals surface area contributed by atoms with E-state index < -0.39 is 29.4 Å². The zero-order valence-corrected chi connectivity index (χ0v) is 16.7. The van der Waals surface area contributed by atoms with E-state index in [2.05, 4.69) is 30.6 Å². The lowest BCUT2D eigenvalue weighted by atomic mass is 10.1. The molecule has 1 unspecified atom stereocenters. The molecule has 1 aromatic carbocycles. The summed E-state index contributed by atoms with van der Waals surface area (Å²) < 4.78 is 0.